The fourth-order valence-corrected chi connectivity index (χ4v) is 3.82. The highest BCUT2D eigenvalue weighted by Gasteiger charge is 2.06. The average Bonchev–Trinajstić information content (AvgIpc) is 2.91. The quantitative estimate of drug-likeness (QED) is 0.273. The van der Waals surface area contributed by atoms with Crippen LogP contribution in [0.5, 0.6) is 0 Å². The number of aromatic nitrogens is 2. The van der Waals surface area contributed by atoms with Crippen LogP contribution in [0.25, 0.3) is 46.1 Å². The van der Waals surface area contributed by atoms with Gasteiger partial charge >= 0.3 is 11.9 Å². The van der Waals surface area contributed by atoms with Gasteiger partial charge in [-0.1, -0.05) is 60.7 Å². The lowest BCUT2D eigenvalue weighted by Gasteiger charge is -2.05. The highest BCUT2D eigenvalue weighted by molar-refractivity contribution is 6.03. The maximum atomic E-state index is 11.0. The van der Waals surface area contributed by atoms with E-state index in [0.717, 1.165) is 44.3 Å². The predicted molar refractivity (Wildman–Crippen MR) is 142 cm³/mol. The lowest BCUT2D eigenvalue weighted by atomic mass is 10.1. The summed E-state index contributed by atoms with van der Waals surface area (Å²) in [5, 5.41) is 20.1. The average molecular weight is 473 g/mol. The van der Waals surface area contributed by atoms with E-state index in [0.29, 0.717) is 0 Å². The van der Waals surface area contributed by atoms with Crippen LogP contribution in [0, 0.1) is 0 Å². The summed E-state index contributed by atoms with van der Waals surface area (Å²) in [5.41, 5.74) is 5.35. The van der Waals surface area contributed by atoms with Crippen molar-refractivity contribution >= 4 is 58.0 Å². The molecule has 0 amide bonds. The Morgan fingerprint density at radius 1 is 0.500 bits per heavy atom. The third kappa shape index (κ3) is 4.88. The Labute approximate surface area is 206 Å². The summed E-state index contributed by atoms with van der Waals surface area (Å²) in [6, 6.07) is 25.2. The Morgan fingerprint density at radius 3 is 1.22 bits per heavy atom. The molecule has 0 radical (unpaired) electrons. The van der Waals surface area contributed by atoms with Gasteiger partial charge in [-0.25, -0.2) is 19.6 Å². The van der Waals surface area contributed by atoms with Crippen molar-refractivity contribution in [2.75, 3.05) is 0 Å². The minimum atomic E-state index is -0.952. The van der Waals surface area contributed by atoms with Gasteiger partial charge in [0.1, 0.15) is 0 Å². The smallest absolute Gasteiger partial charge is 0.335 e. The molecule has 2 N–H and O–H groups in total. The van der Waals surface area contributed by atoms with Crippen LogP contribution >= 0.6 is 0 Å². The summed E-state index contributed by atoms with van der Waals surface area (Å²) in [6.07, 6.45) is 7.56. The van der Waals surface area contributed by atoms with E-state index in [1.54, 1.807) is 48.5 Å². The predicted octanol–water partition coefficient (Wildman–Crippen LogP) is 6.52. The molecule has 2 heterocycles. The maximum Gasteiger partial charge on any atom is 0.335 e. The molecule has 174 valence electrons. The highest BCUT2D eigenvalue weighted by atomic mass is 16.4. The maximum absolute atomic E-state index is 11.0. The van der Waals surface area contributed by atoms with E-state index in [2.05, 4.69) is 0 Å². The Hall–Kier alpha value is -5.10. The standard InChI is InChI=1S/C30H20N2O4/c33-29(34)23-7-1-19(2-8-23)5-15-25-17-13-21-11-12-22-14-18-26(32-28(22)27(21)31-25)16-6-20-3-9-24(10-4-20)30(35)36/h1-18H,(H,33,34)(H,35,36)/b15-5+,16-6+. The molecule has 0 bridgehead atoms. The number of rotatable bonds is 6. The van der Waals surface area contributed by atoms with Crippen LogP contribution in [-0.4, -0.2) is 32.1 Å². The van der Waals surface area contributed by atoms with Crippen molar-refractivity contribution in [3.05, 3.63) is 119 Å². The number of carbonyl (C=O) groups is 2. The van der Waals surface area contributed by atoms with Gasteiger partial charge in [0.15, 0.2) is 0 Å². The molecule has 6 heteroatoms. The topological polar surface area (TPSA) is 100 Å². The van der Waals surface area contributed by atoms with Gasteiger partial charge in [0.2, 0.25) is 0 Å². The molecule has 0 aliphatic carbocycles. The molecule has 3 aromatic carbocycles. The minimum absolute atomic E-state index is 0.246. The largest absolute Gasteiger partial charge is 0.478 e. The van der Waals surface area contributed by atoms with Crippen molar-refractivity contribution in [2.24, 2.45) is 0 Å². The number of benzene rings is 3. The fourth-order valence-electron chi connectivity index (χ4n) is 3.82. The Balaban J connectivity index is 1.45. The van der Waals surface area contributed by atoms with Crippen molar-refractivity contribution in [3.63, 3.8) is 0 Å². The molecule has 6 nitrogen and oxygen atoms in total. The number of nitrogens with zero attached hydrogens (tertiary/aromatic N) is 2. The highest BCUT2D eigenvalue weighted by Crippen LogP contribution is 2.24. The number of aromatic carboxylic acids is 2. The second-order valence-corrected chi connectivity index (χ2v) is 8.20. The fraction of sp³-hybridized carbons (Fsp3) is 0. The number of carboxylic acid groups (broad SMARTS) is 2. The SMILES string of the molecule is O=C(O)c1ccc(/C=C/c2ccc3ccc4ccc(/C=C/c5ccc(C(=O)O)cc5)nc4c3n2)cc1. The van der Waals surface area contributed by atoms with Crippen LogP contribution in [0.2, 0.25) is 0 Å². The molecule has 5 rings (SSSR count). The zero-order valence-corrected chi connectivity index (χ0v) is 19.0. The van der Waals surface area contributed by atoms with Crippen LogP contribution in [-0.2, 0) is 0 Å². The number of hydrogen-bond acceptors (Lipinski definition) is 4. The van der Waals surface area contributed by atoms with E-state index in [4.69, 9.17) is 20.2 Å². The molecule has 0 aliphatic rings. The molecule has 0 fully saturated rings. The minimum Gasteiger partial charge on any atom is -0.478 e. The molecule has 0 saturated carbocycles. The van der Waals surface area contributed by atoms with E-state index in [-0.39, 0.29) is 11.1 Å². The molecule has 0 atom stereocenters. The van der Waals surface area contributed by atoms with Crippen LogP contribution in [0.4, 0.5) is 0 Å². The third-order valence-electron chi connectivity index (χ3n) is 5.77. The van der Waals surface area contributed by atoms with Crippen LogP contribution in [0.3, 0.4) is 0 Å². The molecule has 0 saturated heterocycles. The first-order valence-corrected chi connectivity index (χ1v) is 11.2. The zero-order valence-electron chi connectivity index (χ0n) is 19.0. The third-order valence-corrected chi connectivity index (χ3v) is 5.77. The first-order chi connectivity index (χ1) is 17.5. The van der Waals surface area contributed by atoms with E-state index in [1.807, 2.05) is 60.7 Å². The molecule has 0 unspecified atom stereocenters. The second kappa shape index (κ2) is 9.64. The molecule has 36 heavy (non-hydrogen) atoms. The lowest BCUT2D eigenvalue weighted by molar-refractivity contribution is 0.0686. The summed E-state index contributed by atoms with van der Waals surface area (Å²) >= 11 is 0. The molecule has 5 aromatic rings. The molecule has 0 spiro atoms. The van der Waals surface area contributed by atoms with Gasteiger partial charge in [0.05, 0.1) is 33.5 Å². The van der Waals surface area contributed by atoms with Gasteiger partial charge in [-0.15, -0.1) is 0 Å². The summed E-state index contributed by atoms with van der Waals surface area (Å²) in [7, 11) is 0. The number of pyridine rings is 2. The van der Waals surface area contributed by atoms with Crippen molar-refractivity contribution in [1.82, 2.24) is 9.97 Å². The van der Waals surface area contributed by atoms with Crippen molar-refractivity contribution < 1.29 is 19.8 Å². The van der Waals surface area contributed by atoms with Crippen LogP contribution < -0.4 is 0 Å². The lowest BCUT2D eigenvalue weighted by Crippen LogP contribution is -1.94. The van der Waals surface area contributed by atoms with E-state index in [1.165, 1.54) is 0 Å². The van der Waals surface area contributed by atoms with Crippen molar-refractivity contribution in [3.8, 4) is 0 Å². The summed E-state index contributed by atoms with van der Waals surface area (Å²) in [6.45, 7) is 0. The van der Waals surface area contributed by atoms with Gasteiger partial charge in [-0.05, 0) is 59.7 Å². The van der Waals surface area contributed by atoms with Gasteiger partial charge in [0.25, 0.3) is 0 Å². The van der Waals surface area contributed by atoms with Crippen molar-refractivity contribution in [2.45, 2.75) is 0 Å². The Bertz CT molecular complexity index is 1540. The molecular weight excluding hydrogens is 452 g/mol. The second-order valence-electron chi connectivity index (χ2n) is 8.20. The van der Waals surface area contributed by atoms with E-state index < -0.39 is 11.9 Å². The first-order valence-electron chi connectivity index (χ1n) is 11.2. The van der Waals surface area contributed by atoms with E-state index in [9.17, 15) is 9.59 Å². The Morgan fingerprint density at radius 2 is 0.861 bits per heavy atom. The number of hydrogen-bond donors (Lipinski definition) is 2. The van der Waals surface area contributed by atoms with Gasteiger partial charge < -0.3 is 10.2 Å². The Kier molecular flexibility index (Phi) is 6.07. The van der Waals surface area contributed by atoms with Crippen molar-refractivity contribution in [1.29, 1.82) is 0 Å². The van der Waals surface area contributed by atoms with E-state index >= 15 is 0 Å². The van der Waals surface area contributed by atoms with Gasteiger partial charge in [-0.3, -0.25) is 0 Å². The molecule has 2 aromatic heterocycles. The molecular formula is C30H20N2O4. The summed E-state index contributed by atoms with van der Waals surface area (Å²) in [4.78, 5) is 31.7. The monoisotopic (exact) mass is 472 g/mol. The summed E-state index contributed by atoms with van der Waals surface area (Å²) < 4.78 is 0. The normalized spacial score (nSPS) is 11.6. The number of fused-ring (bicyclic) bond motifs is 3. The number of carboxylic acids is 2. The van der Waals surface area contributed by atoms with Crippen LogP contribution in [0.1, 0.15) is 43.2 Å². The van der Waals surface area contributed by atoms with Crippen LogP contribution in [0.15, 0.2) is 84.9 Å². The first kappa shape index (κ1) is 22.7. The van der Waals surface area contributed by atoms with Gasteiger partial charge in [-0.2, -0.15) is 0 Å². The summed E-state index contributed by atoms with van der Waals surface area (Å²) in [5.74, 6) is -1.90. The molecule has 0 aliphatic heterocycles. The zero-order chi connectivity index (χ0) is 25.1. The van der Waals surface area contributed by atoms with Gasteiger partial charge in [0, 0.05) is 10.8 Å².